The minimum absolute atomic E-state index is 0. The predicted octanol–water partition coefficient (Wildman–Crippen LogP) is 3.44. The normalized spacial score (nSPS) is 12.9. The van der Waals surface area contributed by atoms with Crippen LogP contribution in [0.4, 0.5) is 0 Å². The third-order valence-corrected chi connectivity index (χ3v) is 3.94. The molecule has 0 aromatic heterocycles. The molecule has 0 saturated heterocycles. The van der Waals surface area contributed by atoms with E-state index in [4.69, 9.17) is 28.3 Å². The number of amides is 1. The highest BCUT2D eigenvalue weighted by Crippen LogP contribution is 2.25. The summed E-state index contributed by atoms with van der Waals surface area (Å²) in [7, 11) is 0. The largest absolute Gasteiger partial charge is 0.480 e. The van der Waals surface area contributed by atoms with Gasteiger partial charge in [-0.2, -0.15) is 0 Å². The fraction of sp³-hybridized carbons (Fsp3) is 0.467. The summed E-state index contributed by atoms with van der Waals surface area (Å²) < 4.78 is 0. The van der Waals surface area contributed by atoms with E-state index in [1.54, 1.807) is 18.2 Å². The van der Waals surface area contributed by atoms with Gasteiger partial charge < -0.3 is 10.4 Å². The second-order valence-electron chi connectivity index (χ2n) is 5.02. The van der Waals surface area contributed by atoms with Gasteiger partial charge in [0.2, 0.25) is 5.91 Å². The Hall–Kier alpha value is -1.01. The second kappa shape index (κ2) is 10.7. The lowest BCUT2D eigenvalue weighted by atomic mass is 10.1. The lowest BCUT2D eigenvalue weighted by Gasteiger charge is -2.17. The maximum Gasteiger partial charge on any atom is 0.320 e. The van der Waals surface area contributed by atoms with Crippen LogP contribution in [-0.4, -0.2) is 29.6 Å². The Morgan fingerprint density at radius 1 is 1.26 bits per heavy atom. The molecule has 0 heterocycles. The van der Waals surface area contributed by atoms with Crippen LogP contribution < -0.4 is 10.6 Å². The number of aliphatic carboxylic acids is 1. The number of hydrogen-bond donors (Lipinski definition) is 3. The summed E-state index contributed by atoms with van der Waals surface area (Å²) in [5.74, 6) is -1.23. The molecule has 0 spiro atoms. The molecule has 3 N–H and O–H groups in total. The van der Waals surface area contributed by atoms with Gasteiger partial charge in [0.15, 0.2) is 0 Å². The van der Waals surface area contributed by atoms with Gasteiger partial charge in [0, 0.05) is 0 Å². The van der Waals surface area contributed by atoms with Gasteiger partial charge in [-0.3, -0.25) is 14.9 Å². The number of carboxylic acid groups (broad SMARTS) is 1. The van der Waals surface area contributed by atoms with E-state index in [1.807, 2.05) is 13.8 Å². The second-order valence-corrected chi connectivity index (χ2v) is 5.84. The molecular weight excluding hydrogens is 363 g/mol. The topological polar surface area (TPSA) is 78.4 Å². The van der Waals surface area contributed by atoms with Gasteiger partial charge in [-0.25, -0.2) is 0 Å². The van der Waals surface area contributed by atoms with Gasteiger partial charge in [0.05, 0.1) is 22.6 Å². The van der Waals surface area contributed by atoms with Crippen LogP contribution in [0.15, 0.2) is 18.2 Å². The number of benzene rings is 1. The number of hydrogen-bond acceptors (Lipinski definition) is 3. The first-order valence-electron chi connectivity index (χ1n) is 7.05. The number of nitrogens with one attached hydrogen (secondary N) is 2. The highest BCUT2D eigenvalue weighted by Gasteiger charge is 2.17. The lowest BCUT2D eigenvalue weighted by Crippen LogP contribution is -2.43. The quantitative estimate of drug-likeness (QED) is 0.642. The average molecular weight is 384 g/mol. The Morgan fingerprint density at radius 2 is 1.91 bits per heavy atom. The molecule has 0 saturated carbocycles. The molecule has 0 bridgehead atoms. The van der Waals surface area contributed by atoms with Crippen LogP contribution in [0.25, 0.3) is 0 Å². The summed E-state index contributed by atoms with van der Waals surface area (Å²) in [5.41, 5.74) is 0.825. The summed E-state index contributed by atoms with van der Waals surface area (Å²) in [5, 5.41) is 15.4. The summed E-state index contributed by atoms with van der Waals surface area (Å²) in [6.07, 6.45) is 1.20. The molecule has 23 heavy (non-hydrogen) atoms. The molecular formula is C15H21Cl3N2O3. The number of carbonyl (C=O) groups excluding carboxylic acids is 1. The summed E-state index contributed by atoms with van der Waals surface area (Å²) in [6, 6.07) is 4.18. The molecule has 2 atom stereocenters. The fourth-order valence-corrected chi connectivity index (χ4v) is 2.28. The lowest BCUT2D eigenvalue weighted by molar-refractivity contribution is -0.139. The molecule has 1 aromatic carbocycles. The first kappa shape index (κ1) is 22.0. The van der Waals surface area contributed by atoms with E-state index in [0.29, 0.717) is 16.5 Å². The summed E-state index contributed by atoms with van der Waals surface area (Å²) in [6.45, 7) is 3.66. The van der Waals surface area contributed by atoms with Crippen molar-refractivity contribution in [1.29, 1.82) is 0 Å². The van der Waals surface area contributed by atoms with E-state index in [1.165, 1.54) is 0 Å². The molecule has 0 radical (unpaired) electrons. The SMILES string of the molecule is CCCC(NCC(=O)NC(C)c1ccc(Cl)c(Cl)c1)C(=O)O.Cl. The van der Waals surface area contributed by atoms with Crippen LogP contribution in [-0.2, 0) is 9.59 Å². The smallest absolute Gasteiger partial charge is 0.320 e. The standard InChI is InChI=1S/C15H20Cl2N2O3.ClH/c1-3-4-13(15(21)22)18-8-14(20)19-9(2)10-5-6-11(16)12(17)7-10;/h5-7,9,13,18H,3-4,8H2,1-2H3,(H,19,20)(H,21,22);1H. The summed E-state index contributed by atoms with van der Waals surface area (Å²) in [4.78, 5) is 22.9. The van der Waals surface area contributed by atoms with E-state index in [-0.39, 0.29) is 30.9 Å². The van der Waals surface area contributed by atoms with Gasteiger partial charge >= 0.3 is 5.97 Å². The van der Waals surface area contributed by atoms with Crippen molar-refractivity contribution < 1.29 is 14.7 Å². The van der Waals surface area contributed by atoms with E-state index in [0.717, 1.165) is 12.0 Å². The van der Waals surface area contributed by atoms with Gasteiger partial charge in [-0.05, 0) is 31.0 Å². The number of halogens is 3. The van der Waals surface area contributed by atoms with Gasteiger partial charge in [0.25, 0.3) is 0 Å². The van der Waals surface area contributed by atoms with Crippen molar-refractivity contribution in [2.45, 2.75) is 38.8 Å². The minimum atomic E-state index is -0.952. The van der Waals surface area contributed by atoms with Crippen LogP contribution in [0.5, 0.6) is 0 Å². The highest BCUT2D eigenvalue weighted by atomic mass is 35.5. The van der Waals surface area contributed by atoms with Crippen LogP contribution in [0, 0.1) is 0 Å². The molecule has 5 nitrogen and oxygen atoms in total. The van der Waals surface area contributed by atoms with Crippen molar-refractivity contribution in [2.75, 3.05) is 6.54 Å². The van der Waals surface area contributed by atoms with Crippen LogP contribution in [0.3, 0.4) is 0 Å². The fourth-order valence-electron chi connectivity index (χ4n) is 1.97. The number of carboxylic acids is 1. The van der Waals surface area contributed by atoms with Crippen molar-refractivity contribution in [3.05, 3.63) is 33.8 Å². The number of carbonyl (C=O) groups is 2. The first-order valence-corrected chi connectivity index (χ1v) is 7.81. The van der Waals surface area contributed by atoms with E-state index >= 15 is 0 Å². The Labute approximate surface area is 152 Å². The van der Waals surface area contributed by atoms with E-state index < -0.39 is 12.0 Å². The minimum Gasteiger partial charge on any atom is -0.480 e. The average Bonchev–Trinajstić information content (AvgIpc) is 2.45. The third-order valence-electron chi connectivity index (χ3n) is 3.21. The van der Waals surface area contributed by atoms with Crippen LogP contribution >= 0.6 is 35.6 Å². The van der Waals surface area contributed by atoms with Crippen molar-refractivity contribution >= 4 is 47.5 Å². The molecule has 0 aliphatic rings. The number of rotatable bonds is 8. The Kier molecular flexibility index (Phi) is 10.2. The summed E-state index contributed by atoms with van der Waals surface area (Å²) >= 11 is 11.8. The zero-order valence-electron chi connectivity index (χ0n) is 12.9. The van der Waals surface area contributed by atoms with Crippen LogP contribution in [0.1, 0.15) is 38.3 Å². The third kappa shape index (κ3) is 7.40. The van der Waals surface area contributed by atoms with Crippen LogP contribution in [0.2, 0.25) is 10.0 Å². The molecule has 8 heteroatoms. The molecule has 2 unspecified atom stereocenters. The van der Waals surface area contributed by atoms with E-state index in [2.05, 4.69) is 10.6 Å². The molecule has 0 aliphatic carbocycles. The Morgan fingerprint density at radius 3 is 2.43 bits per heavy atom. The van der Waals surface area contributed by atoms with Gasteiger partial charge in [-0.15, -0.1) is 12.4 Å². The maximum absolute atomic E-state index is 11.9. The van der Waals surface area contributed by atoms with E-state index in [9.17, 15) is 9.59 Å². The monoisotopic (exact) mass is 382 g/mol. The zero-order chi connectivity index (χ0) is 16.7. The molecule has 1 aromatic rings. The first-order chi connectivity index (χ1) is 10.3. The predicted molar refractivity (Wildman–Crippen MR) is 94.6 cm³/mol. The van der Waals surface area contributed by atoms with Gasteiger partial charge in [-0.1, -0.05) is 42.6 Å². The van der Waals surface area contributed by atoms with Crippen molar-refractivity contribution in [3.63, 3.8) is 0 Å². The van der Waals surface area contributed by atoms with Crippen molar-refractivity contribution in [2.24, 2.45) is 0 Å². The molecule has 1 amide bonds. The molecule has 1 rings (SSSR count). The Bertz CT molecular complexity index is 541. The molecule has 0 aliphatic heterocycles. The van der Waals surface area contributed by atoms with Crippen molar-refractivity contribution in [3.8, 4) is 0 Å². The van der Waals surface area contributed by atoms with Gasteiger partial charge in [0.1, 0.15) is 6.04 Å². The van der Waals surface area contributed by atoms with Crippen molar-refractivity contribution in [1.82, 2.24) is 10.6 Å². The molecule has 130 valence electrons. The molecule has 0 fully saturated rings. The Balaban J connectivity index is 0.00000484. The maximum atomic E-state index is 11.9. The highest BCUT2D eigenvalue weighted by molar-refractivity contribution is 6.42. The zero-order valence-corrected chi connectivity index (χ0v) is 15.3.